The fraction of sp³-hybridized carbons (Fsp3) is 0.833. The molecule has 0 aromatic carbocycles. The lowest BCUT2D eigenvalue weighted by atomic mass is 10.1. The Morgan fingerprint density at radius 3 is 2.60 bits per heavy atom. The van der Waals surface area contributed by atoms with Gasteiger partial charge < -0.3 is 14.8 Å². The highest BCUT2D eigenvalue weighted by molar-refractivity contribution is 4.95. The van der Waals surface area contributed by atoms with E-state index in [-0.39, 0.29) is 0 Å². The largest absolute Gasteiger partial charge is 0.382 e. The second-order valence-corrected chi connectivity index (χ2v) is 3.34. The summed E-state index contributed by atoms with van der Waals surface area (Å²) in [6.45, 7) is 4.02. The lowest BCUT2D eigenvalue weighted by Gasteiger charge is -2.14. The van der Waals surface area contributed by atoms with Gasteiger partial charge in [-0.05, 0) is 26.8 Å². The Balaban J connectivity index is 3.38. The molecule has 0 fully saturated rings. The molecular weight excluding hydrogens is 190 g/mol. The number of hydrogen-bond acceptors (Lipinski definition) is 3. The number of hydrogen-bond donors (Lipinski definition) is 1. The van der Waals surface area contributed by atoms with Crippen molar-refractivity contribution in [2.75, 3.05) is 34.0 Å². The first-order valence-electron chi connectivity index (χ1n) is 5.48. The minimum atomic E-state index is 0.508. The van der Waals surface area contributed by atoms with Gasteiger partial charge in [-0.3, -0.25) is 0 Å². The molecule has 1 N–H and O–H groups in total. The topological polar surface area (TPSA) is 30.5 Å². The highest BCUT2D eigenvalue weighted by Crippen LogP contribution is 2.01. The van der Waals surface area contributed by atoms with Crippen LogP contribution >= 0.6 is 0 Å². The van der Waals surface area contributed by atoms with E-state index >= 15 is 0 Å². The third-order valence-electron chi connectivity index (χ3n) is 2.25. The zero-order chi connectivity index (χ0) is 11.4. The molecule has 0 heterocycles. The van der Waals surface area contributed by atoms with Gasteiger partial charge >= 0.3 is 0 Å². The summed E-state index contributed by atoms with van der Waals surface area (Å²) in [5.74, 6) is 5.98. The highest BCUT2D eigenvalue weighted by atomic mass is 16.5. The van der Waals surface area contributed by atoms with Crippen LogP contribution in [0.3, 0.4) is 0 Å². The van der Waals surface area contributed by atoms with E-state index in [1.165, 1.54) is 0 Å². The van der Waals surface area contributed by atoms with Crippen LogP contribution in [0.2, 0.25) is 0 Å². The van der Waals surface area contributed by atoms with Gasteiger partial charge in [-0.15, -0.1) is 11.8 Å². The predicted molar refractivity (Wildman–Crippen MR) is 62.8 cm³/mol. The average Bonchev–Trinajstić information content (AvgIpc) is 2.26. The van der Waals surface area contributed by atoms with Crippen molar-refractivity contribution < 1.29 is 9.47 Å². The Kier molecular flexibility index (Phi) is 11.1. The summed E-state index contributed by atoms with van der Waals surface area (Å²) >= 11 is 0. The Bertz CT molecular complexity index is 184. The van der Waals surface area contributed by atoms with Crippen molar-refractivity contribution in [1.82, 2.24) is 5.32 Å². The van der Waals surface area contributed by atoms with Gasteiger partial charge in [0.05, 0.1) is 13.2 Å². The van der Waals surface area contributed by atoms with Gasteiger partial charge in [-0.25, -0.2) is 0 Å². The SMILES string of the molecule is CC#CCCC(CCOCCOC)NC. The summed E-state index contributed by atoms with van der Waals surface area (Å²) in [6.07, 6.45) is 3.08. The highest BCUT2D eigenvalue weighted by Gasteiger charge is 2.04. The zero-order valence-corrected chi connectivity index (χ0v) is 10.1. The Labute approximate surface area is 93.5 Å². The maximum Gasteiger partial charge on any atom is 0.0700 e. The fourth-order valence-electron chi connectivity index (χ4n) is 1.27. The molecule has 0 saturated heterocycles. The van der Waals surface area contributed by atoms with Crippen LogP contribution in [0.25, 0.3) is 0 Å². The van der Waals surface area contributed by atoms with E-state index in [1.807, 2.05) is 14.0 Å². The summed E-state index contributed by atoms with van der Waals surface area (Å²) in [7, 11) is 3.67. The lowest BCUT2D eigenvalue weighted by molar-refractivity contribution is 0.0658. The van der Waals surface area contributed by atoms with Crippen molar-refractivity contribution in [3.8, 4) is 11.8 Å². The fourth-order valence-corrected chi connectivity index (χ4v) is 1.27. The number of nitrogens with one attached hydrogen (secondary N) is 1. The van der Waals surface area contributed by atoms with Crippen LogP contribution < -0.4 is 5.32 Å². The second kappa shape index (κ2) is 11.5. The predicted octanol–water partition coefficient (Wildman–Crippen LogP) is 1.43. The summed E-state index contributed by atoms with van der Waals surface area (Å²) in [4.78, 5) is 0. The molecule has 1 atom stereocenters. The summed E-state index contributed by atoms with van der Waals surface area (Å²) in [5.41, 5.74) is 0. The number of rotatable bonds is 9. The van der Waals surface area contributed by atoms with Crippen LogP contribution in [0.15, 0.2) is 0 Å². The Morgan fingerprint density at radius 2 is 2.00 bits per heavy atom. The molecule has 0 rings (SSSR count). The molecule has 0 amide bonds. The van der Waals surface area contributed by atoms with E-state index in [9.17, 15) is 0 Å². The molecule has 0 aliphatic carbocycles. The first-order valence-corrected chi connectivity index (χ1v) is 5.48. The molecule has 0 radical (unpaired) electrons. The quantitative estimate of drug-likeness (QED) is 0.464. The zero-order valence-electron chi connectivity index (χ0n) is 10.1. The maximum atomic E-state index is 5.41. The molecule has 3 heteroatoms. The average molecular weight is 213 g/mol. The van der Waals surface area contributed by atoms with Crippen molar-refractivity contribution in [2.45, 2.75) is 32.2 Å². The van der Waals surface area contributed by atoms with Gasteiger partial charge in [0.2, 0.25) is 0 Å². The molecule has 0 aromatic rings. The smallest absolute Gasteiger partial charge is 0.0700 e. The Morgan fingerprint density at radius 1 is 1.20 bits per heavy atom. The van der Waals surface area contributed by atoms with Gasteiger partial charge in [0.15, 0.2) is 0 Å². The molecule has 1 unspecified atom stereocenters. The van der Waals surface area contributed by atoms with Crippen LogP contribution in [0, 0.1) is 11.8 Å². The van der Waals surface area contributed by atoms with E-state index in [0.717, 1.165) is 25.9 Å². The molecule has 0 aliphatic heterocycles. The van der Waals surface area contributed by atoms with Crippen LogP contribution in [-0.4, -0.2) is 40.0 Å². The molecule has 0 saturated carbocycles. The monoisotopic (exact) mass is 213 g/mol. The summed E-state index contributed by atoms with van der Waals surface area (Å²) in [5, 5.41) is 3.27. The van der Waals surface area contributed by atoms with Crippen molar-refractivity contribution in [2.24, 2.45) is 0 Å². The van der Waals surface area contributed by atoms with Gasteiger partial charge in [-0.1, -0.05) is 0 Å². The van der Waals surface area contributed by atoms with E-state index in [0.29, 0.717) is 19.3 Å². The number of methoxy groups -OCH3 is 1. The molecule has 88 valence electrons. The standard InChI is InChI=1S/C12H23NO2/c1-4-5-6-7-12(13-2)8-9-15-11-10-14-3/h12-13H,6-11H2,1-3H3. The Hall–Kier alpha value is -0.560. The summed E-state index contributed by atoms with van der Waals surface area (Å²) < 4.78 is 10.3. The molecular formula is C12H23NO2. The molecule has 0 aliphatic rings. The molecule has 0 spiro atoms. The van der Waals surface area contributed by atoms with Crippen LogP contribution in [-0.2, 0) is 9.47 Å². The minimum Gasteiger partial charge on any atom is -0.382 e. The third-order valence-corrected chi connectivity index (χ3v) is 2.25. The van der Waals surface area contributed by atoms with Crippen LogP contribution in [0.5, 0.6) is 0 Å². The van der Waals surface area contributed by atoms with E-state index < -0.39 is 0 Å². The second-order valence-electron chi connectivity index (χ2n) is 3.34. The lowest BCUT2D eigenvalue weighted by Crippen LogP contribution is -2.26. The van der Waals surface area contributed by atoms with Gasteiger partial charge in [0, 0.05) is 26.2 Å². The first kappa shape index (κ1) is 14.4. The van der Waals surface area contributed by atoms with Crippen molar-refractivity contribution in [1.29, 1.82) is 0 Å². The number of ether oxygens (including phenoxy) is 2. The van der Waals surface area contributed by atoms with Gasteiger partial charge in [0.25, 0.3) is 0 Å². The first-order chi connectivity index (χ1) is 7.35. The molecule has 0 bridgehead atoms. The molecule has 0 aromatic heterocycles. The maximum absolute atomic E-state index is 5.41. The van der Waals surface area contributed by atoms with Gasteiger partial charge in [-0.2, -0.15) is 0 Å². The van der Waals surface area contributed by atoms with Gasteiger partial charge in [0.1, 0.15) is 0 Å². The summed E-state index contributed by atoms with van der Waals surface area (Å²) in [6, 6.07) is 0.508. The molecule has 3 nitrogen and oxygen atoms in total. The van der Waals surface area contributed by atoms with Crippen molar-refractivity contribution in [3.63, 3.8) is 0 Å². The van der Waals surface area contributed by atoms with Crippen molar-refractivity contribution in [3.05, 3.63) is 0 Å². The van der Waals surface area contributed by atoms with Crippen molar-refractivity contribution >= 4 is 0 Å². The van der Waals surface area contributed by atoms with E-state index in [1.54, 1.807) is 7.11 Å². The normalized spacial score (nSPS) is 11.9. The minimum absolute atomic E-state index is 0.508. The van der Waals surface area contributed by atoms with E-state index in [4.69, 9.17) is 9.47 Å². The van der Waals surface area contributed by atoms with Crippen LogP contribution in [0.1, 0.15) is 26.2 Å². The van der Waals surface area contributed by atoms with E-state index in [2.05, 4.69) is 17.2 Å². The third kappa shape index (κ3) is 9.74. The van der Waals surface area contributed by atoms with Crippen LogP contribution in [0.4, 0.5) is 0 Å². The molecule has 15 heavy (non-hydrogen) atoms.